The predicted molar refractivity (Wildman–Crippen MR) is 140 cm³/mol. The summed E-state index contributed by atoms with van der Waals surface area (Å²) in [6.07, 6.45) is 4.72. The molecule has 0 aliphatic heterocycles. The Kier molecular flexibility index (Phi) is 6.42. The molecule has 0 aromatic heterocycles. The number of hydrogen-bond acceptors (Lipinski definition) is 0. The van der Waals surface area contributed by atoms with Crippen molar-refractivity contribution < 1.29 is 0 Å². The van der Waals surface area contributed by atoms with E-state index in [0.717, 1.165) is 19.0 Å². The van der Waals surface area contributed by atoms with Crippen LogP contribution in [0.15, 0.2) is 128 Å². The van der Waals surface area contributed by atoms with E-state index in [-0.39, 0.29) is 0 Å². The second-order valence-electron chi connectivity index (χ2n) is 7.99. The molecule has 4 aromatic carbocycles. The van der Waals surface area contributed by atoms with Gasteiger partial charge in [-0.3, -0.25) is 0 Å². The molecule has 156 valence electrons. The third-order valence-corrected chi connectivity index (χ3v) is 13.2. The molecule has 0 atom stereocenters. The van der Waals surface area contributed by atoms with Gasteiger partial charge in [0.05, 0.1) is 0 Å². The van der Waals surface area contributed by atoms with Crippen LogP contribution in [0.25, 0.3) is 0 Å². The average Bonchev–Trinajstić information content (AvgIpc) is 2.85. The van der Waals surface area contributed by atoms with E-state index in [9.17, 15) is 0 Å². The van der Waals surface area contributed by atoms with E-state index in [1.54, 1.807) is 0 Å². The van der Waals surface area contributed by atoms with E-state index in [1.165, 1.54) is 27.0 Å². The van der Waals surface area contributed by atoms with Gasteiger partial charge in [-0.05, 0) is 0 Å². The Labute approximate surface area is 191 Å². The number of halogens is 1. The zero-order valence-electron chi connectivity index (χ0n) is 17.7. The summed E-state index contributed by atoms with van der Waals surface area (Å²) in [7, 11) is 0. The molecule has 31 heavy (non-hydrogen) atoms. The van der Waals surface area contributed by atoms with Crippen LogP contribution in [0.1, 0.15) is 17.5 Å². The molecule has 0 radical (unpaired) electrons. The quantitative estimate of drug-likeness (QED) is 0.204. The van der Waals surface area contributed by atoms with E-state index in [1.807, 2.05) is 6.08 Å². The van der Waals surface area contributed by atoms with E-state index in [0.29, 0.717) is 0 Å². The van der Waals surface area contributed by atoms with Gasteiger partial charge in [0.2, 0.25) is 0 Å². The third kappa shape index (κ3) is 4.11. The molecular formula is C29H28ClP. The van der Waals surface area contributed by atoms with E-state index >= 15 is 0 Å². The number of allylic oxidation sites excluding steroid dienone is 1. The molecule has 0 spiro atoms. The molecule has 4 aromatic rings. The Morgan fingerprint density at radius 2 is 1.06 bits per heavy atom. The van der Waals surface area contributed by atoms with Crippen molar-refractivity contribution in [2.75, 3.05) is 0 Å². The first-order chi connectivity index (χ1) is 15.1. The molecule has 0 aliphatic carbocycles. The van der Waals surface area contributed by atoms with Gasteiger partial charge in [-0.2, -0.15) is 0 Å². The van der Waals surface area contributed by atoms with Crippen LogP contribution in [-0.2, 0) is 12.6 Å². The van der Waals surface area contributed by atoms with Crippen molar-refractivity contribution in [1.82, 2.24) is 0 Å². The fourth-order valence-corrected chi connectivity index (χ4v) is 10.6. The van der Waals surface area contributed by atoms with Gasteiger partial charge >= 0.3 is 191 Å². The first kappa shape index (κ1) is 21.6. The predicted octanol–water partition coefficient (Wildman–Crippen LogP) is 6.99. The van der Waals surface area contributed by atoms with Crippen LogP contribution in [0.5, 0.6) is 0 Å². The first-order valence-electron chi connectivity index (χ1n) is 10.7. The van der Waals surface area contributed by atoms with Crippen molar-refractivity contribution in [1.29, 1.82) is 0 Å². The standard InChI is InChI=1S/C29H28ClP/c1-2-3-14-25-15-13-16-26(23-25)24-31(30,27-17-7-4-8-18-27,28-19-9-5-10-20-28)29-21-11-6-12-22-29/h2,4-13,15-23H,1,3,14,24H2. The Balaban J connectivity index is 1.99. The number of benzene rings is 4. The van der Waals surface area contributed by atoms with Crippen LogP contribution in [0.2, 0.25) is 0 Å². The zero-order valence-corrected chi connectivity index (χ0v) is 19.4. The van der Waals surface area contributed by atoms with Gasteiger partial charge in [0.15, 0.2) is 0 Å². The second-order valence-corrected chi connectivity index (χ2v) is 14.5. The molecule has 0 heterocycles. The minimum absolute atomic E-state index is 0.771. The summed E-state index contributed by atoms with van der Waals surface area (Å²) in [5.74, 6) is -3.28. The van der Waals surface area contributed by atoms with Gasteiger partial charge in [0.25, 0.3) is 0 Å². The average molecular weight is 443 g/mol. The Morgan fingerprint density at radius 3 is 1.52 bits per heavy atom. The Bertz CT molecular complexity index is 1040. The van der Waals surface area contributed by atoms with Crippen molar-refractivity contribution in [3.05, 3.63) is 139 Å². The molecule has 0 N–H and O–H groups in total. The maximum absolute atomic E-state index is 8.18. The zero-order chi connectivity index (χ0) is 21.6. The topological polar surface area (TPSA) is 0 Å². The fourth-order valence-electron chi connectivity index (χ4n) is 4.43. The summed E-state index contributed by atoms with van der Waals surface area (Å²) >= 11 is 8.18. The van der Waals surface area contributed by atoms with Crippen LogP contribution in [0, 0.1) is 0 Å². The van der Waals surface area contributed by atoms with Crippen molar-refractivity contribution in [2.24, 2.45) is 0 Å². The van der Waals surface area contributed by atoms with Crippen LogP contribution in [0.4, 0.5) is 0 Å². The number of aryl methyl sites for hydroxylation is 1. The monoisotopic (exact) mass is 442 g/mol. The van der Waals surface area contributed by atoms with E-state index < -0.39 is 5.96 Å². The molecule has 0 unspecified atom stereocenters. The number of hydrogen-bond donors (Lipinski definition) is 0. The van der Waals surface area contributed by atoms with Crippen LogP contribution < -0.4 is 15.9 Å². The second kappa shape index (κ2) is 9.23. The summed E-state index contributed by atoms with van der Waals surface area (Å²) in [6.45, 7) is 3.87. The van der Waals surface area contributed by atoms with Gasteiger partial charge in [0, 0.05) is 0 Å². The van der Waals surface area contributed by atoms with Gasteiger partial charge in [-0.15, -0.1) is 0 Å². The first-order valence-corrected chi connectivity index (χ1v) is 14.1. The van der Waals surface area contributed by atoms with Gasteiger partial charge in [-0.25, -0.2) is 0 Å². The van der Waals surface area contributed by atoms with E-state index in [2.05, 4.69) is 122 Å². The van der Waals surface area contributed by atoms with E-state index in [4.69, 9.17) is 11.2 Å². The summed E-state index contributed by atoms with van der Waals surface area (Å²) < 4.78 is 0. The third-order valence-electron chi connectivity index (χ3n) is 5.99. The number of rotatable bonds is 8. The van der Waals surface area contributed by atoms with Crippen LogP contribution in [-0.4, -0.2) is 0 Å². The summed E-state index contributed by atoms with van der Waals surface area (Å²) in [4.78, 5) is 0. The molecule has 0 bridgehead atoms. The van der Waals surface area contributed by atoms with Gasteiger partial charge in [-0.1, -0.05) is 0 Å². The molecule has 0 fully saturated rings. The summed E-state index contributed by atoms with van der Waals surface area (Å²) in [6, 6.07) is 40.9. The van der Waals surface area contributed by atoms with Crippen LogP contribution >= 0.6 is 17.2 Å². The molecule has 2 heteroatoms. The van der Waals surface area contributed by atoms with Crippen molar-refractivity contribution in [3.8, 4) is 0 Å². The minimum atomic E-state index is -3.28. The Hall–Kier alpha value is -2.66. The Morgan fingerprint density at radius 1 is 0.613 bits per heavy atom. The molecular weight excluding hydrogens is 415 g/mol. The van der Waals surface area contributed by atoms with Gasteiger partial charge < -0.3 is 0 Å². The van der Waals surface area contributed by atoms with Gasteiger partial charge in [0.1, 0.15) is 0 Å². The molecule has 0 aliphatic rings. The fraction of sp³-hybridized carbons (Fsp3) is 0.103. The normalized spacial score (nSPS) is 12.6. The molecule has 0 saturated carbocycles. The molecule has 0 nitrogen and oxygen atoms in total. The van der Waals surface area contributed by atoms with Crippen molar-refractivity contribution in [2.45, 2.75) is 19.0 Å². The van der Waals surface area contributed by atoms with Crippen molar-refractivity contribution in [3.63, 3.8) is 0 Å². The van der Waals surface area contributed by atoms with Crippen molar-refractivity contribution >= 4 is 33.1 Å². The summed E-state index contributed by atoms with van der Waals surface area (Å²) in [5, 5.41) is 3.59. The van der Waals surface area contributed by atoms with Crippen LogP contribution in [0.3, 0.4) is 0 Å². The maximum atomic E-state index is 8.18. The molecule has 0 saturated heterocycles. The SMILES string of the molecule is C=CCCc1cccc(CP(Cl)(c2ccccc2)(c2ccccc2)c2ccccc2)c1. The summed E-state index contributed by atoms with van der Waals surface area (Å²) in [5.41, 5.74) is 2.60. The molecule has 0 amide bonds. The molecule has 4 rings (SSSR count).